The van der Waals surface area contributed by atoms with Gasteiger partial charge in [-0.15, -0.1) is 0 Å². The van der Waals surface area contributed by atoms with Gasteiger partial charge in [0.25, 0.3) is 0 Å². The molecule has 2 aliphatic rings. The van der Waals surface area contributed by atoms with Crippen LogP contribution in [0.5, 0.6) is 11.5 Å². The van der Waals surface area contributed by atoms with Crippen LogP contribution < -0.4 is 9.47 Å². The normalized spacial score (nSPS) is 17.3. The predicted molar refractivity (Wildman–Crippen MR) is 120 cm³/mol. The number of ether oxygens (including phenoxy) is 2. The molecular formula is C25H28ClNO4. The van der Waals surface area contributed by atoms with Gasteiger partial charge in [-0.25, -0.2) is 0 Å². The molecule has 0 atom stereocenters. The fourth-order valence-corrected chi connectivity index (χ4v) is 4.66. The van der Waals surface area contributed by atoms with Crippen LogP contribution in [0, 0.1) is 13.8 Å². The van der Waals surface area contributed by atoms with Crippen LogP contribution in [-0.2, 0) is 4.79 Å². The summed E-state index contributed by atoms with van der Waals surface area (Å²) in [4.78, 5) is 27.2. The quantitative estimate of drug-likeness (QED) is 0.602. The number of halogens is 1. The summed E-state index contributed by atoms with van der Waals surface area (Å²) in [6, 6.07) is 11.3. The van der Waals surface area contributed by atoms with E-state index in [4.69, 9.17) is 21.1 Å². The zero-order chi connectivity index (χ0) is 22.0. The lowest BCUT2D eigenvalue weighted by Crippen LogP contribution is -2.52. The van der Waals surface area contributed by atoms with Crippen LogP contribution >= 0.6 is 11.6 Å². The van der Waals surface area contributed by atoms with Crippen LogP contribution in [0.15, 0.2) is 36.4 Å². The van der Waals surface area contributed by atoms with Crippen LogP contribution in [0.25, 0.3) is 0 Å². The second-order valence-corrected chi connectivity index (χ2v) is 9.02. The summed E-state index contributed by atoms with van der Waals surface area (Å²) < 4.78 is 12.2. The van der Waals surface area contributed by atoms with E-state index < -0.39 is 5.60 Å². The molecule has 2 aromatic carbocycles. The molecule has 1 fully saturated rings. The molecule has 0 bridgehead atoms. The smallest absolute Gasteiger partial charge is 0.222 e. The standard InChI is InChI=1S/C25H28ClNO4/c1-17-5-3-6-18(2)24(17)30-14-4-7-23(29)27-12-10-25(11-13-27)16-21(28)20-15-19(26)8-9-22(20)31-25/h3,5-6,8-9,15H,4,7,10-14,16H2,1-2H3. The number of amides is 1. The Balaban J connectivity index is 1.26. The molecule has 164 valence electrons. The summed E-state index contributed by atoms with van der Waals surface area (Å²) in [6.07, 6.45) is 2.79. The monoisotopic (exact) mass is 441 g/mol. The number of para-hydroxylation sites is 1. The first-order valence-corrected chi connectivity index (χ1v) is 11.2. The van der Waals surface area contributed by atoms with Crippen LogP contribution in [0.2, 0.25) is 5.02 Å². The first-order chi connectivity index (χ1) is 14.9. The van der Waals surface area contributed by atoms with Gasteiger partial charge in [-0.3, -0.25) is 9.59 Å². The second-order valence-electron chi connectivity index (χ2n) is 8.58. The highest BCUT2D eigenvalue weighted by Gasteiger charge is 2.43. The van der Waals surface area contributed by atoms with Crippen molar-refractivity contribution in [3.05, 3.63) is 58.1 Å². The molecule has 1 saturated heterocycles. The van der Waals surface area contributed by atoms with E-state index in [0.29, 0.717) is 68.1 Å². The molecule has 0 unspecified atom stereocenters. The van der Waals surface area contributed by atoms with Crippen molar-refractivity contribution in [1.82, 2.24) is 4.90 Å². The maximum Gasteiger partial charge on any atom is 0.222 e. The number of carbonyl (C=O) groups is 2. The average Bonchev–Trinajstić information content (AvgIpc) is 2.74. The number of nitrogens with zero attached hydrogens (tertiary/aromatic N) is 1. The molecule has 0 radical (unpaired) electrons. The Morgan fingerprint density at radius 1 is 1.16 bits per heavy atom. The van der Waals surface area contributed by atoms with Gasteiger partial charge >= 0.3 is 0 Å². The largest absolute Gasteiger partial charge is 0.493 e. The molecule has 0 aromatic heterocycles. The van der Waals surface area contributed by atoms with E-state index in [0.717, 1.165) is 16.9 Å². The number of rotatable bonds is 5. The fourth-order valence-electron chi connectivity index (χ4n) is 4.49. The van der Waals surface area contributed by atoms with Crippen LogP contribution in [0.3, 0.4) is 0 Å². The Bertz CT molecular complexity index is 975. The summed E-state index contributed by atoms with van der Waals surface area (Å²) in [6.45, 7) is 5.79. The number of piperidine rings is 1. The first kappa shape index (κ1) is 21.7. The summed E-state index contributed by atoms with van der Waals surface area (Å²) in [5.41, 5.74) is 2.26. The minimum Gasteiger partial charge on any atom is -0.493 e. The van der Waals surface area contributed by atoms with Crippen molar-refractivity contribution in [2.24, 2.45) is 0 Å². The third kappa shape index (κ3) is 4.72. The van der Waals surface area contributed by atoms with E-state index in [1.165, 1.54) is 0 Å². The van der Waals surface area contributed by atoms with Crippen molar-refractivity contribution in [3.63, 3.8) is 0 Å². The molecule has 2 aliphatic heterocycles. The van der Waals surface area contributed by atoms with Gasteiger partial charge in [-0.1, -0.05) is 29.8 Å². The zero-order valence-corrected chi connectivity index (χ0v) is 18.8. The minimum atomic E-state index is -0.514. The number of benzene rings is 2. The van der Waals surface area contributed by atoms with Crippen LogP contribution in [0.4, 0.5) is 0 Å². The summed E-state index contributed by atoms with van der Waals surface area (Å²) in [7, 11) is 0. The van der Waals surface area contributed by atoms with Gasteiger partial charge in [0.15, 0.2) is 5.78 Å². The molecule has 6 heteroatoms. The molecule has 4 rings (SSSR count). The molecule has 0 saturated carbocycles. The van der Waals surface area contributed by atoms with Gasteiger partial charge in [0, 0.05) is 37.4 Å². The molecule has 0 aliphatic carbocycles. The molecule has 1 amide bonds. The van der Waals surface area contributed by atoms with Gasteiger partial charge in [-0.05, 0) is 49.6 Å². The number of aryl methyl sites for hydroxylation is 2. The van der Waals surface area contributed by atoms with E-state index >= 15 is 0 Å². The number of Topliss-reactive ketones (excluding diaryl/α,β-unsaturated/α-hetero) is 1. The lowest BCUT2D eigenvalue weighted by Gasteiger charge is -2.44. The van der Waals surface area contributed by atoms with E-state index in [-0.39, 0.29) is 11.7 Å². The van der Waals surface area contributed by atoms with Crippen LogP contribution in [-0.4, -0.2) is 41.9 Å². The van der Waals surface area contributed by atoms with Gasteiger partial charge < -0.3 is 14.4 Å². The zero-order valence-electron chi connectivity index (χ0n) is 18.1. The highest BCUT2D eigenvalue weighted by atomic mass is 35.5. The van der Waals surface area contributed by atoms with Crippen molar-refractivity contribution >= 4 is 23.3 Å². The topological polar surface area (TPSA) is 55.8 Å². The van der Waals surface area contributed by atoms with Gasteiger partial charge in [-0.2, -0.15) is 0 Å². The molecule has 5 nitrogen and oxygen atoms in total. The Hall–Kier alpha value is -2.53. The SMILES string of the molecule is Cc1cccc(C)c1OCCCC(=O)N1CCC2(CC1)CC(=O)c1cc(Cl)ccc1O2. The highest BCUT2D eigenvalue weighted by molar-refractivity contribution is 6.31. The van der Waals surface area contributed by atoms with Gasteiger partial charge in [0.05, 0.1) is 18.6 Å². The summed E-state index contributed by atoms with van der Waals surface area (Å²) in [5, 5.41) is 0.536. The van der Waals surface area contributed by atoms with Gasteiger partial charge in [0.2, 0.25) is 5.91 Å². The predicted octanol–water partition coefficient (Wildman–Crippen LogP) is 5.14. The molecule has 2 aromatic rings. The number of fused-ring (bicyclic) bond motifs is 1. The Morgan fingerprint density at radius 2 is 1.87 bits per heavy atom. The third-order valence-corrected chi connectivity index (χ3v) is 6.50. The van der Waals surface area contributed by atoms with E-state index in [1.54, 1.807) is 18.2 Å². The van der Waals surface area contributed by atoms with Crippen molar-refractivity contribution in [3.8, 4) is 11.5 Å². The molecule has 2 heterocycles. The van der Waals surface area contributed by atoms with E-state index in [9.17, 15) is 9.59 Å². The maximum atomic E-state index is 12.7. The van der Waals surface area contributed by atoms with E-state index in [1.807, 2.05) is 36.9 Å². The number of ketones is 1. The van der Waals surface area contributed by atoms with Crippen LogP contribution in [0.1, 0.15) is 53.6 Å². The van der Waals surface area contributed by atoms with Gasteiger partial charge in [0.1, 0.15) is 17.1 Å². The number of carbonyl (C=O) groups excluding carboxylic acids is 2. The summed E-state index contributed by atoms with van der Waals surface area (Å²) in [5.74, 6) is 1.71. The maximum absolute atomic E-state index is 12.7. The number of hydrogen-bond donors (Lipinski definition) is 0. The van der Waals surface area contributed by atoms with Crippen molar-refractivity contribution < 1.29 is 19.1 Å². The number of hydrogen-bond acceptors (Lipinski definition) is 4. The van der Waals surface area contributed by atoms with E-state index in [2.05, 4.69) is 0 Å². The molecule has 1 spiro atoms. The molecular weight excluding hydrogens is 414 g/mol. The van der Waals surface area contributed by atoms with Crippen molar-refractivity contribution in [1.29, 1.82) is 0 Å². The number of likely N-dealkylation sites (tertiary alicyclic amines) is 1. The third-order valence-electron chi connectivity index (χ3n) is 6.27. The fraction of sp³-hybridized carbons (Fsp3) is 0.440. The lowest BCUT2D eigenvalue weighted by atomic mass is 9.82. The Labute approximate surface area is 188 Å². The average molecular weight is 442 g/mol. The minimum absolute atomic E-state index is 0.0622. The summed E-state index contributed by atoms with van der Waals surface area (Å²) >= 11 is 6.01. The lowest BCUT2D eigenvalue weighted by molar-refractivity contribution is -0.135. The Morgan fingerprint density at radius 3 is 2.58 bits per heavy atom. The Kier molecular flexibility index (Phi) is 6.24. The molecule has 31 heavy (non-hydrogen) atoms. The highest BCUT2D eigenvalue weighted by Crippen LogP contribution is 2.40. The van der Waals surface area contributed by atoms with Crippen molar-refractivity contribution in [2.45, 2.75) is 51.6 Å². The first-order valence-electron chi connectivity index (χ1n) is 10.9. The second kappa shape index (κ2) is 8.91. The molecule has 0 N–H and O–H groups in total. The van der Waals surface area contributed by atoms with Crippen molar-refractivity contribution in [2.75, 3.05) is 19.7 Å².